The highest BCUT2D eigenvalue weighted by Crippen LogP contribution is 2.26. The fraction of sp³-hybridized carbons (Fsp3) is 0.400. The molecule has 0 aliphatic carbocycles. The maximum Gasteiger partial charge on any atom is 0.147 e. The van der Waals surface area contributed by atoms with Crippen molar-refractivity contribution >= 4 is 11.6 Å². The fourth-order valence-electron chi connectivity index (χ4n) is 1.31. The van der Waals surface area contributed by atoms with Crippen LogP contribution in [0.25, 0.3) is 0 Å². The highest BCUT2D eigenvalue weighted by atomic mass is 35.5. The Labute approximate surface area is 87.5 Å². The number of benzene rings is 1. The standard InChI is InChI=1S/C10H13ClFNO/c1-6-4-7(9(14)2-3-13)10(12)8(11)5-6/h4-5,9,14H,2-3,13H2,1H3. The van der Waals surface area contributed by atoms with Crippen LogP contribution in [0.1, 0.15) is 23.7 Å². The molecule has 2 nitrogen and oxygen atoms in total. The van der Waals surface area contributed by atoms with Gasteiger partial charge in [-0.3, -0.25) is 0 Å². The molecule has 1 aromatic rings. The van der Waals surface area contributed by atoms with E-state index in [0.717, 1.165) is 5.56 Å². The van der Waals surface area contributed by atoms with Crippen LogP contribution >= 0.6 is 11.6 Å². The number of hydrogen-bond donors (Lipinski definition) is 2. The molecule has 1 aromatic carbocycles. The summed E-state index contributed by atoms with van der Waals surface area (Å²) in [5, 5.41) is 9.61. The van der Waals surface area contributed by atoms with Crippen LogP contribution in [0.2, 0.25) is 5.02 Å². The van der Waals surface area contributed by atoms with Crippen molar-refractivity contribution in [3.05, 3.63) is 34.1 Å². The van der Waals surface area contributed by atoms with Crippen LogP contribution in [0.15, 0.2) is 12.1 Å². The lowest BCUT2D eigenvalue weighted by atomic mass is 10.0. The van der Waals surface area contributed by atoms with Gasteiger partial charge in [0.1, 0.15) is 5.82 Å². The third-order valence-corrected chi connectivity index (χ3v) is 2.27. The lowest BCUT2D eigenvalue weighted by molar-refractivity contribution is 0.165. The number of hydrogen-bond acceptors (Lipinski definition) is 2. The molecule has 0 aliphatic rings. The van der Waals surface area contributed by atoms with E-state index in [-0.39, 0.29) is 10.6 Å². The van der Waals surface area contributed by atoms with Crippen LogP contribution < -0.4 is 5.73 Å². The van der Waals surface area contributed by atoms with E-state index in [1.807, 2.05) is 0 Å². The van der Waals surface area contributed by atoms with Gasteiger partial charge in [0.25, 0.3) is 0 Å². The minimum Gasteiger partial charge on any atom is -0.388 e. The second-order valence-electron chi connectivity index (χ2n) is 3.24. The van der Waals surface area contributed by atoms with Crippen LogP contribution in [-0.2, 0) is 0 Å². The van der Waals surface area contributed by atoms with Gasteiger partial charge in [-0.15, -0.1) is 0 Å². The van der Waals surface area contributed by atoms with Gasteiger partial charge in [0.2, 0.25) is 0 Å². The molecule has 0 saturated heterocycles. The molecule has 1 unspecified atom stereocenters. The first-order chi connectivity index (χ1) is 6.56. The van der Waals surface area contributed by atoms with E-state index < -0.39 is 11.9 Å². The molecule has 14 heavy (non-hydrogen) atoms. The highest BCUT2D eigenvalue weighted by Gasteiger charge is 2.15. The Bertz CT molecular complexity index is 330. The average Bonchev–Trinajstić information content (AvgIpc) is 2.11. The van der Waals surface area contributed by atoms with Crippen molar-refractivity contribution in [1.29, 1.82) is 0 Å². The van der Waals surface area contributed by atoms with Crippen LogP contribution in [-0.4, -0.2) is 11.7 Å². The second-order valence-corrected chi connectivity index (χ2v) is 3.65. The third-order valence-electron chi connectivity index (χ3n) is 2.00. The Balaban J connectivity index is 3.07. The molecule has 0 fully saturated rings. The maximum absolute atomic E-state index is 13.4. The maximum atomic E-state index is 13.4. The predicted molar refractivity (Wildman–Crippen MR) is 54.8 cm³/mol. The molecule has 0 heterocycles. The van der Waals surface area contributed by atoms with Crippen molar-refractivity contribution < 1.29 is 9.50 Å². The molecule has 78 valence electrons. The van der Waals surface area contributed by atoms with Crippen LogP contribution in [0, 0.1) is 12.7 Å². The summed E-state index contributed by atoms with van der Waals surface area (Å²) in [5.74, 6) is -0.557. The normalized spacial score (nSPS) is 12.9. The van der Waals surface area contributed by atoms with Crippen LogP contribution in [0.5, 0.6) is 0 Å². The van der Waals surface area contributed by atoms with E-state index >= 15 is 0 Å². The Hall–Kier alpha value is -0.640. The SMILES string of the molecule is Cc1cc(Cl)c(F)c(C(O)CCN)c1. The van der Waals surface area contributed by atoms with Crippen LogP contribution in [0.3, 0.4) is 0 Å². The Kier molecular flexibility index (Phi) is 3.86. The lowest BCUT2D eigenvalue weighted by Crippen LogP contribution is -2.08. The van der Waals surface area contributed by atoms with Gasteiger partial charge in [-0.1, -0.05) is 17.7 Å². The molecule has 0 saturated carbocycles. The lowest BCUT2D eigenvalue weighted by Gasteiger charge is -2.12. The molecule has 3 N–H and O–H groups in total. The van der Waals surface area contributed by atoms with Gasteiger partial charge in [-0.2, -0.15) is 0 Å². The molecule has 1 atom stereocenters. The van der Waals surface area contributed by atoms with Crippen molar-refractivity contribution in [3.63, 3.8) is 0 Å². The monoisotopic (exact) mass is 217 g/mol. The molecule has 0 amide bonds. The van der Waals surface area contributed by atoms with E-state index in [1.54, 1.807) is 13.0 Å². The summed E-state index contributed by atoms with van der Waals surface area (Å²) in [4.78, 5) is 0. The van der Waals surface area contributed by atoms with Crippen molar-refractivity contribution in [1.82, 2.24) is 0 Å². The average molecular weight is 218 g/mol. The number of aliphatic hydroxyl groups excluding tert-OH is 1. The van der Waals surface area contributed by atoms with E-state index in [0.29, 0.717) is 13.0 Å². The van der Waals surface area contributed by atoms with Gasteiger partial charge in [0.15, 0.2) is 0 Å². The summed E-state index contributed by atoms with van der Waals surface area (Å²) in [7, 11) is 0. The largest absolute Gasteiger partial charge is 0.388 e. The number of aliphatic hydroxyl groups is 1. The summed E-state index contributed by atoms with van der Waals surface area (Å²) in [6, 6.07) is 3.11. The summed E-state index contributed by atoms with van der Waals surface area (Å²) in [6.45, 7) is 2.11. The van der Waals surface area contributed by atoms with E-state index in [1.165, 1.54) is 6.07 Å². The van der Waals surface area contributed by atoms with Gasteiger partial charge in [0.05, 0.1) is 11.1 Å². The number of aryl methyl sites for hydroxylation is 1. The van der Waals surface area contributed by atoms with Gasteiger partial charge in [-0.05, 0) is 31.5 Å². The Morgan fingerprint density at radius 3 is 2.79 bits per heavy atom. The highest BCUT2D eigenvalue weighted by molar-refractivity contribution is 6.30. The van der Waals surface area contributed by atoms with Gasteiger partial charge in [0, 0.05) is 5.56 Å². The Morgan fingerprint density at radius 1 is 1.57 bits per heavy atom. The molecular weight excluding hydrogens is 205 g/mol. The van der Waals surface area contributed by atoms with Crippen molar-refractivity contribution in [2.75, 3.05) is 6.54 Å². The molecule has 4 heteroatoms. The van der Waals surface area contributed by atoms with Gasteiger partial charge >= 0.3 is 0 Å². The summed E-state index contributed by atoms with van der Waals surface area (Å²) >= 11 is 5.65. The summed E-state index contributed by atoms with van der Waals surface area (Å²) < 4.78 is 13.4. The second kappa shape index (κ2) is 4.73. The predicted octanol–water partition coefficient (Wildman–Crippen LogP) is 2.17. The van der Waals surface area contributed by atoms with Crippen molar-refractivity contribution in [2.45, 2.75) is 19.4 Å². The zero-order valence-electron chi connectivity index (χ0n) is 7.93. The van der Waals surface area contributed by atoms with E-state index in [9.17, 15) is 9.50 Å². The molecule has 0 radical (unpaired) electrons. The molecule has 1 rings (SSSR count). The minimum absolute atomic E-state index is 0.0380. The number of nitrogens with two attached hydrogens (primary N) is 1. The molecule has 0 spiro atoms. The van der Waals surface area contributed by atoms with Crippen molar-refractivity contribution in [3.8, 4) is 0 Å². The quantitative estimate of drug-likeness (QED) is 0.815. The first-order valence-electron chi connectivity index (χ1n) is 4.40. The number of halogens is 2. The number of rotatable bonds is 3. The zero-order chi connectivity index (χ0) is 10.7. The topological polar surface area (TPSA) is 46.2 Å². The minimum atomic E-state index is -0.877. The van der Waals surface area contributed by atoms with E-state index in [4.69, 9.17) is 17.3 Å². The summed E-state index contributed by atoms with van der Waals surface area (Å²) in [5.41, 5.74) is 6.32. The van der Waals surface area contributed by atoms with Gasteiger partial charge < -0.3 is 10.8 Å². The smallest absolute Gasteiger partial charge is 0.147 e. The van der Waals surface area contributed by atoms with Gasteiger partial charge in [-0.25, -0.2) is 4.39 Å². The molecular formula is C10H13ClFNO. The molecule has 0 aliphatic heterocycles. The fourth-order valence-corrected chi connectivity index (χ4v) is 1.59. The van der Waals surface area contributed by atoms with E-state index in [2.05, 4.69) is 0 Å². The molecule has 0 bridgehead atoms. The summed E-state index contributed by atoms with van der Waals surface area (Å²) in [6.07, 6.45) is -0.547. The zero-order valence-corrected chi connectivity index (χ0v) is 8.68. The van der Waals surface area contributed by atoms with Crippen LogP contribution in [0.4, 0.5) is 4.39 Å². The first-order valence-corrected chi connectivity index (χ1v) is 4.77. The molecule has 0 aromatic heterocycles. The first kappa shape index (κ1) is 11.4. The third kappa shape index (κ3) is 2.44. The Morgan fingerprint density at radius 2 is 2.21 bits per heavy atom. The van der Waals surface area contributed by atoms with Crippen molar-refractivity contribution in [2.24, 2.45) is 5.73 Å².